The Labute approximate surface area is 182 Å². The number of anilines is 1. The summed E-state index contributed by atoms with van der Waals surface area (Å²) in [6.07, 6.45) is 0. The van der Waals surface area contributed by atoms with Crippen molar-refractivity contribution in [1.29, 1.82) is 0 Å². The summed E-state index contributed by atoms with van der Waals surface area (Å²) in [7, 11) is 0. The van der Waals surface area contributed by atoms with Crippen LogP contribution in [0.3, 0.4) is 0 Å². The van der Waals surface area contributed by atoms with Crippen LogP contribution in [0.15, 0.2) is 47.6 Å². The highest BCUT2D eigenvalue weighted by atomic mass is 35.5. The van der Waals surface area contributed by atoms with Crippen LogP contribution in [0.1, 0.15) is 24.2 Å². The molecule has 1 heterocycles. The summed E-state index contributed by atoms with van der Waals surface area (Å²) >= 11 is 13.3. The molecule has 9 heteroatoms. The molecule has 0 spiro atoms. The van der Waals surface area contributed by atoms with E-state index in [9.17, 15) is 9.59 Å². The van der Waals surface area contributed by atoms with Crippen LogP contribution >= 0.6 is 35.0 Å². The van der Waals surface area contributed by atoms with E-state index in [1.54, 1.807) is 18.2 Å². The summed E-state index contributed by atoms with van der Waals surface area (Å²) in [5, 5.41) is 12.7. The number of benzene rings is 2. The quantitative estimate of drug-likeness (QED) is 0.396. The number of thioether (sulfide) groups is 1. The summed E-state index contributed by atoms with van der Waals surface area (Å²) in [6, 6.07) is 12.2. The molecule has 150 valence electrons. The number of carbonyl (C=O) groups excluding carboxylic acids is 2. The highest BCUT2D eigenvalue weighted by molar-refractivity contribution is 7.99. The average Bonchev–Trinajstić information content (AvgIpc) is 3.09. The Kier molecular flexibility index (Phi) is 6.95. The van der Waals surface area contributed by atoms with E-state index in [1.165, 1.54) is 18.7 Å². The summed E-state index contributed by atoms with van der Waals surface area (Å²) in [4.78, 5) is 23.7. The van der Waals surface area contributed by atoms with Crippen LogP contribution in [0.25, 0.3) is 11.4 Å². The molecular weight excluding hydrogens is 431 g/mol. The van der Waals surface area contributed by atoms with Crippen molar-refractivity contribution in [2.24, 2.45) is 0 Å². The predicted octanol–water partition coefficient (Wildman–Crippen LogP) is 5.21. The molecule has 2 aromatic carbocycles. The van der Waals surface area contributed by atoms with Crippen LogP contribution in [-0.2, 0) is 11.3 Å². The highest BCUT2D eigenvalue weighted by Crippen LogP contribution is 2.27. The standard InChI is InChI=1S/C20H18Cl2N4O2S/c1-3-26-19(13-4-7-15(8-5-13)23-12(2)27)24-25-20(26)29-11-18(28)16-9-6-14(21)10-17(16)22/h4-10H,3,11H2,1-2H3,(H,23,27). The van der Waals surface area contributed by atoms with Gasteiger partial charge in [0.05, 0.1) is 10.8 Å². The first-order chi connectivity index (χ1) is 13.9. The van der Waals surface area contributed by atoms with Gasteiger partial charge in [0.15, 0.2) is 16.8 Å². The minimum atomic E-state index is -0.126. The number of nitrogens with zero attached hydrogens (tertiary/aromatic N) is 3. The molecule has 1 N–H and O–H groups in total. The summed E-state index contributed by atoms with van der Waals surface area (Å²) < 4.78 is 1.94. The van der Waals surface area contributed by atoms with Crippen LogP contribution in [0.2, 0.25) is 10.0 Å². The molecule has 3 rings (SSSR count). The molecule has 3 aromatic rings. The van der Waals surface area contributed by atoms with Gasteiger partial charge in [-0.15, -0.1) is 10.2 Å². The molecule has 0 saturated heterocycles. The molecule has 0 saturated carbocycles. The molecule has 0 radical (unpaired) electrons. The Balaban J connectivity index is 1.75. The van der Waals surface area contributed by atoms with Crippen LogP contribution < -0.4 is 5.32 Å². The fraction of sp³-hybridized carbons (Fsp3) is 0.200. The van der Waals surface area contributed by atoms with Crippen molar-refractivity contribution in [1.82, 2.24) is 14.8 Å². The largest absolute Gasteiger partial charge is 0.326 e. The normalized spacial score (nSPS) is 10.8. The molecular formula is C20H18Cl2N4O2S. The Morgan fingerprint density at radius 2 is 1.83 bits per heavy atom. The summed E-state index contributed by atoms with van der Waals surface area (Å²) in [6.45, 7) is 4.10. The van der Waals surface area contributed by atoms with Gasteiger partial charge in [0.1, 0.15) is 0 Å². The van der Waals surface area contributed by atoms with Gasteiger partial charge in [0.25, 0.3) is 0 Å². The highest BCUT2D eigenvalue weighted by Gasteiger charge is 2.17. The van der Waals surface area contributed by atoms with Gasteiger partial charge in [-0.1, -0.05) is 35.0 Å². The van der Waals surface area contributed by atoms with Crippen LogP contribution in [-0.4, -0.2) is 32.2 Å². The first kappa shape index (κ1) is 21.4. The minimum absolute atomic E-state index is 0.108. The number of halogens is 2. The Morgan fingerprint density at radius 1 is 1.10 bits per heavy atom. The topological polar surface area (TPSA) is 76.9 Å². The van der Waals surface area contributed by atoms with E-state index >= 15 is 0 Å². The van der Waals surface area contributed by atoms with Gasteiger partial charge >= 0.3 is 0 Å². The number of rotatable bonds is 7. The molecule has 6 nitrogen and oxygen atoms in total. The molecule has 0 aliphatic rings. The maximum Gasteiger partial charge on any atom is 0.221 e. The maximum absolute atomic E-state index is 12.5. The van der Waals surface area contributed by atoms with Gasteiger partial charge in [0, 0.05) is 35.3 Å². The first-order valence-electron chi connectivity index (χ1n) is 8.81. The number of aromatic nitrogens is 3. The lowest BCUT2D eigenvalue weighted by molar-refractivity contribution is -0.114. The Morgan fingerprint density at radius 3 is 2.45 bits per heavy atom. The molecule has 1 aromatic heterocycles. The van der Waals surface area contributed by atoms with Crippen molar-refractivity contribution in [3.63, 3.8) is 0 Å². The number of carbonyl (C=O) groups is 2. The van der Waals surface area contributed by atoms with Crippen molar-refractivity contribution < 1.29 is 9.59 Å². The smallest absolute Gasteiger partial charge is 0.221 e. The molecule has 0 unspecified atom stereocenters. The van der Waals surface area contributed by atoms with Crippen molar-refractivity contribution in [3.05, 3.63) is 58.1 Å². The van der Waals surface area contributed by atoms with Crippen LogP contribution in [0.5, 0.6) is 0 Å². The Bertz CT molecular complexity index is 1050. The van der Waals surface area contributed by atoms with E-state index in [0.29, 0.717) is 38.8 Å². The van der Waals surface area contributed by atoms with E-state index in [4.69, 9.17) is 23.2 Å². The van der Waals surface area contributed by atoms with Crippen molar-refractivity contribution in [3.8, 4) is 11.4 Å². The monoisotopic (exact) mass is 448 g/mol. The van der Waals surface area contributed by atoms with Crippen molar-refractivity contribution in [2.45, 2.75) is 25.5 Å². The van der Waals surface area contributed by atoms with Gasteiger partial charge in [-0.25, -0.2) is 0 Å². The fourth-order valence-electron chi connectivity index (χ4n) is 2.72. The van der Waals surface area contributed by atoms with Gasteiger partial charge < -0.3 is 9.88 Å². The number of Topliss-reactive ketones (excluding diaryl/α,β-unsaturated/α-hetero) is 1. The average molecular weight is 449 g/mol. The molecule has 0 aliphatic carbocycles. The van der Waals surface area contributed by atoms with Crippen LogP contribution in [0.4, 0.5) is 5.69 Å². The molecule has 0 aliphatic heterocycles. The lowest BCUT2D eigenvalue weighted by atomic mass is 10.1. The van der Waals surface area contributed by atoms with Crippen molar-refractivity contribution in [2.75, 3.05) is 11.1 Å². The third-order valence-electron chi connectivity index (χ3n) is 4.06. The second-order valence-corrected chi connectivity index (χ2v) is 7.93. The van der Waals surface area contributed by atoms with E-state index in [-0.39, 0.29) is 17.4 Å². The summed E-state index contributed by atoms with van der Waals surface area (Å²) in [5.41, 5.74) is 2.01. The fourth-order valence-corrected chi connectivity index (χ4v) is 4.12. The van der Waals surface area contributed by atoms with E-state index < -0.39 is 0 Å². The molecule has 0 bridgehead atoms. The minimum Gasteiger partial charge on any atom is -0.326 e. The van der Waals surface area contributed by atoms with Gasteiger partial charge in [-0.05, 0) is 49.4 Å². The third kappa shape index (κ3) is 5.18. The number of ketones is 1. The number of amides is 1. The third-order valence-corrected chi connectivity index (χ3v) is 5.58. The number of nitrogens with one attached hydrogen (secondary N) is 1. The van der Waals surface area contributed by atoms with Crippen molar-refractivity contribution >= 4 is 52.3 Å². The van der Waals surface area contributed by atoms with Gasteiger partial charge in [0.2, 0.25) is 5.91 Å². The second-order valence-electron chi connectivity index (χ2n) is 6.14. The first-order valence-corrected chi connectivity index (χ1v) is 10.6. The Hall–Kier alpha value is -2.35. The lowest BCUT2D eigenvalue weighted by Gasteiger charge is -2.08. The van der Waals surface area contributed by atoms with Gasteiger partial charge in [-0.3, -0.25) is 9.59 Å². The van der Waals surface area contributed by atoms with Crippen LogP contribution in [0, 0.1) is 0 Å². The van der Waals surface area contributed by atoms with E-state index in [0.717, 1.165) is 5.56 Å². The zero-order valence-electron chi connectivity index (χ0n) is 15.8. The molecule has 0 atom stereocenters. The van der Waals surface area contributed by atoms with E-state index in [1.807, 2.05) is 35.8 Å². The molecule has 0 fully saturated rings. The van der Waals surface area contributed by atoms with Gasteiger partial charge in [-0.2, -0.15) is 0 Å². The lowest BCUT2D eigenvalue weighted by Crippen LogP contribution is -2.06. The second kappa shape index (κ2) is 9.43. The van der Waals surface area contributed by atoms with E-state index in [2.05, 4.69) is 15.5 Å². The number of hydrogen-bond acceptors (Lipinski definition) is 5. The molecule has 29 heavy (non-hydrogen) atoms. The molecule has 1 amide bonds. The SMILES string of the molecule is CCn1c(SCC(=O)c2ccc(Cl)cc2Cl)nnc1-c1ccc(NC(C)=O)cc1. The maximum atomic E-state index is 12.5. The predicted molar refractivity (Wildman–Crippen MR) is 117 cm³/mol. The zero-order valence-corrected chi connectivity index (χ0v) is 18.1. The number of hydrogen-bond donors (Lipinski definition) is 1. The summed E-state index contributed by atoms with van der Waals surface area (Å²) in [5.74, 6) is 0.643. The zero-order chi connectivity index (χ0) is 21.0.